The summed E-state index contributed by atoms with van der Waals surface area (Å²) >= 11 is 6.13. The molecule has 2 aromatic carbocycles. The summed E-state index contributed by atoms with van der Waals surface area (Å²) in [6.07, 6.45) is 0. The van der Waals surface area contributed by atoms with E-state index < -0.39 is 0 Å². The molecule has 0 unspecified atom stereocenters. The van der Waals surface area contributed by atoms with Crippen molar-refractivity contribution in [2.24, 2.45) is 0 Å². The molecule has 0 bridgehead atoms. The smallest absolute Gasteiger partial charge is 0.251 e. The first kappa shape index (κ1) is 18.0. The summed E-state index contributed by atoms with van der Waals surface area (Å²) in [5, 5.41) is 3.45. The molecule has 0 saturated carbocycles. The molecule has 0 aliphatic carbocycles. The molecular weight excluding hydrogens is 324 g/mol. The van der Waals surface area contributed by atoms with E-state index in [-0.39, 0.29) is 11.8 Å². The second-order valence-corrected chi connectivity index (χ2v) is 6.13. The zero-order valence-electron chi connectivity index (χ0n) is 14.1. The Morgan fingerprint density at radius 3 is 2.33 bits per heavy atom. The molecule has 2 aromatic rings. The van der Waals surface area contributed by atoms with Crippen LogP contribution in [0, 0.1) is 13.8 Å². The maximum atomic E-state index is 12.1. The summed E-state index contributed by atoms with van der Waals surface area (Å²) in [4.78, 5) is 25.6. The number of hydrogen-bond donors (Lipinski definition) is 1. The topological polar surface area (TPSA) is 49.4 Å². The summed E-state index contributed by atoms with van der Waals surface area (Å²) in [7, 11) is 0. The molecule has 0 spiro atoms. The first-order valence-electron chi connectivity index (χ1n) is 7.77. The fraction of sp³-hybridized carbons (Fsp3) is 0.263. The van der Waals surface area contributed by atoms with Gasteiger partial charge in [0, 0.05) is 36.3 Å². The van der Waals surface area contributed by atoms with E-state index in [0.29, 0.717) is 23.7 Å². The van der Waals surface area contributed by atoms with Gasteiger partial charge in [-0.2, -0.15) is 0 Å². The molecule has 0 aliphatic rings. The van der Waals surface area contributed by atoms with Crippen molar-refractivity contribution in [1.82, 2.24) is 5.32 Å². The second-order valence-electron chi connectivity index (χ2n) is 5.73. The summed E-state index contributed by atoms with van der Waals surface area (Å²) in [6, 6.07) is 12.8. The number of benzene rings is 2. The van der Waals surface area contributed by atoms with Crippen LogP contribution in [0.2, 0.25) is 5.02 Å². The fourth-order valence-electron chi connectivity index (χ4n) is 2.31. The van der Waals surface area contributed by atoms with E-state index >= 15 is 0 Å². The summed E-state index contributed by atoms with van der Waals surface area (Å²) in [5.74, 6) is -0.250. The molecule has 0 aliphatic heterocycles. The maximum Gasteiger partial charge on any atom is 0.251 e. The lowest BCUT2D eigenvalue weighted by molar-refractivity contribution is -0.116. The Bertz CT molecular complexity index is 742. The lowest BCUT2D eigenvalue weighted by Gasteiger charge is -2.22. The number of halogens is 1. The summed E-state index contributed by atoms with van der Waals surface area (Å²) in [5.41, 5.74) is 3.39. The van der Waals surface area contributed by atoms with Crippen molar-refractivity contribution >= 4 is 29.1 Å². The Balaban J connectivity index is 1.99. The van der Waals surface area contributed by atoms with Crippen LogP contribution in [0.5, 0.6) is 0 Å². The van der Waals surface area contributed by atoms with Gasteiger partial charge in [-0.05, 0) is 43.7 Å². The molecule has 4 nitrogen and oxygen atoms in total. The van der Waals surface area contributed by atoms with Gasteiger partial charge in [-0.25, -0.2) is 0 Å². The van der Waals surface area contributed by atoms with Crippen LogP contribution in [0.4, 0.5) is 5.69 Å². The van der Waals surface area contributed by atoms with Gasteiger partial charge in [0.15, 0.2) is 0 Å². The quantitative estimate of drug-likeness (QED) is 0.898. The number of carbonyl (C=O) groups excluding carboxylic acids is 2. The molecule has 0 atom stereocenters. The van der Waals surface area contributed by atoms with E-state index in [1.807, 2.05) is 38.1 Å². The zero-order valence-corrected chi connectivity index (χ0v) is 14.9. The Kier molecular flexibility index (Phi) is 5.99. The first-order chi connectivity index (χ1) is 11.4. The van der Waals surface area contributed by atoms with Crippen molar-refractivity contribution in [1.29, 1.82) is 0 Å². The standard InChI is InChI=1S/C19H21ClN2O2/c1-13-4-7-16(8-5-13)19(24)21-10-11-22(15(3)23)17-9-6-14(2)18(20)12-17/h4-9,12H,10-11H2,1-3H3,(H,21,24). The molecule has 0 saturated heterocycles. The number of hydrogen-bond acceptors (Lipinski definition) is 2. The Morgan fingerprint density at radius 1 is 1.08 bits per heavy atom. The van der Waals surface area contributed by atoms with E-state index in [0.717, 1.165) is 16.8 Å². The average Bonchev–Trinajstić information content (AvgIpc) is 2.54. The maximum absolute atomic E-state index is 12.1. The third kappa shape index (κ3) is 4.59. The number of nitrogens with one attached hydrogen (secondary N) is 1. The highest BCUT2D eigenvalue weighted by atomic mass is 35.5. The Labute approximate surface area is 147 Å². The zero-order chi connectivity index (χ0) is 17.7. The van der Waals surface area contributed by atoms with Gasteiger partial charge in [0.1, 0.15) is 0 Å². The van der Waals surface area contributed by atoms with E-state index in [9.17, 15) is 9.59 Å². The molecule has 2 rings (SSSR count). The average molecular weight is 345 g/mol. The number of nitrogens with zero attached hydrogens (tertiary/aromatic N) is 1. The van der Waals surface area contributed by atoms with Crippen LogP contribution < -0.4 is 10.2 Å². The molecule has 2 amide bonds. The Morgan fingerprint density at radius 2 is 1.75 bits per heavy atom. The summed E-state index contributed by atoms with van der Waals surface area (Å²) < 4.78 is 0. The third-order valence-electron chi connectivity index (χ3n) is 3.78. The van der Waals surface area contributed by atoms with Crippen LogP contribution in [0.15, 0.2) is 42.5 Å². The molecule has 0 heterocycles. The minimum atomic E-state index is -0.152. The molecular formula is C19H21ClN2O2. The second kappa shape index (κ2) is 7.97. The number of aryl methyl sites for hydroxylation is 2. The van der Waals surface area contributed by atoms with Crippen molar-refractivity contribution in [2.45, 2.75) is 20.8 Å². The van der Waals surface area contributed by atoms with Crippen molar-refractivity contribution in [3.05, 3.63) is 64.2 Å². The highest BCUT2D eigenvalue weighted by Gasteiger charge is 2.13. The van der Waals surface area contributed by atoms with Gasteiger partial charge >= 0.3 is 0 Å². The molecule has 126 valence electrons. The van der Waals surface area contributed by atoms with Crippen molar-refractivity contribution in [3.63, 3.8) is 0 Å². The number of anilines is 1. The van der Waals surface area contributed by atoms with Gasteiger partial charge < -0.3 is 10.2 Å². The predicted molar refractivity (Wildman–Crippen MR) is 97.7 cm³/mol. The molecule has 5 heteroatoms. The highest BCUT2D eigenvalue weighted by Crippen LogP contribution is 2.23. The van der Waals surface area contributed by atoms with E-state index in [1.54, 1.807) is 23.1 Å². The minimum Gasteiger partial charge on any atom is -0.350 e. The van der Waals surface area contributed by atoms with Gasteiger partial charge in [0.2, 0.25) is 5.91 Å². The monoisotopic (exact) mass is 344 g/mol. The highest BCUT2D eigenvalue weighted by molar-refractivity contribution is 6.31. The molecule has 1 N–H and O–H groups in total. The number of carbonyl (C=O) groups is 2. The van der Waals surface area contributed by atoms with Crippen molar-refractivity contribution < 1.29 is 9.59 Å². The molecule has 24 heavy (non-hydrogen) atoms. The number of rotatable bonds is 5. The van der Waals surface area contributed by atoms with Crippen LogP contribution in [-0.4, -0.2) is 24.9 Å². The first-order valence-corrected chi connectivity index (χ1v) is 8.15. The molecule has 0 fully saturated rings. The lowest BCUT2D eigenvalue weighted by atomic mass is 10.1. The SMILES string of the molecule is CC(=O)N(CCNC(=O)c1ccc(C)cc1)c1ccc(C)c(Cl)c1. The summed E-state index contributed by atoms with van der Waals surface area (Å²) in [6.45, 7) is 6.12. The van der Waals surface area contributed by atoms with Crippen LogP contribution in [0.1, 0.15) is 28.4 Å². The predicted octanol–water partition coefficient (Wildman–Crippen LogP) is 3.74. The lowest BCUT2D eigenvalue weighted by Crippen LogP contribution is -2.37. The number of amides is 2. The minimum absolute atomic E-state index is 0.0977. The van der Waals surface area contributed by atoms with Gasteiger partial charge in [-0.15, -0.1) is 0 Å². The third-order valence-corrected chi connectivity index (χ3v) is 4.19. The van der Waals surface area contributed by atoms with Gasteiger partial charge in [-0.1, -0.05) is 35.4 Å². The van der Waals surface area contributed by atoms with Gasteiger partial charge in [0.05, 0.1) is 0 Å². The molecule has 0 radical (unpaired) electrons. The van der Waals surface area contributed by atoms with Crippen LogP contribution in [-0.2, 0) is 4.79 Å². The van der Waals surface area contributed by atoms with Crippen LogP contribution >= 0.6 is 11.6 Å². The molecule has 0 aromatic heterocycles. The van der Waals surface area contributed by atoms with Crippen LogP contribution in [0.3, 0.4) is 0 Å². The van der Waals surface area contributed by atoms with Crippen molar-refractivity contribution in [2.75, 3.05) is 18.0 Å². The van der Waals surface area contributed by atoms with Gasteiger partial charge in [0.25, 0.3) is 5.91 Å². The van der Waals surface area contributed by atoms with E-state index in [2.05, 4.69) is 5.32 Å². The van der Waals surface area contributed by atoms with Gasteiger partial charge in [-0.3, -0.25) is 9.59 Å². The van der Waals surface area contributed by atoms with Crippen LogP contribution in [0.25, 0.3) is 0 Å². The Hall–Kier alpha value is -2.33. The van der Waals surface area contributed by atoms with E-state index in [1.165, 1.54) is 6.92 Å². The van der Waals surface area contributed by atoms with Crippen molar-refractivity contribution in [3.8, 4) is 0 Å². The largest absolute Gasteiger partial charge is 0.350 e. The van der Waals surface area contributed by atoms with E-state index in [4.69, 9.17) is 11.6 Å². The normalized spacial score (nSPS) is 10.3. The fourth-order valence-corrected chi connectivity index (χ4v) is 2.48.